The Balaban J connectivity index is 2.81. The predicted molar refractivity (Wildman–Crippen MR) is 65.2 cm³/mol. The van der Waals surface area contributed by atoms with Crippen LogP contribution < -0.4 is 20.5 Å². The smallest absolute Gasteiger partial charge is 0.257 e. The van der Waals surface area contributed by atoms with Gasteiger partial charge in [-0.3, -0.25) is 4.79 Å². The van der Waals surface area contributed by atoms with Crippen molar-refractivity contribution in [3.05, 3.63) is 23.8 Å². The van der Waals surface area contributed by atoms with Gasteiger partial charge in [0.25, 0.3) is 5.91 Å². The molecule has 0 saturated carbocycles. The molecule has 0 fully saturated rings. The third-order valence-electron chi connectivity index (χ3n) is 2.35. The summed E-state index contributed by atoms with van der Waals surface area (Å²) >= 11 is 0. The standard InChI is InChI=1S/C12H18N2O3/c1-8(13)9-4-5-10(11(6-9)16-3)17-7-12(15)14-2/h4-6,8H,7,13H2,1-3H3,(H,14,15)/t8-/m1/s1. The van der Waals surface area contributed by atoms with Gasteiger partial charge in [-0.05, 0) is 24.6 Å². The van der Waals surface area contributed by atoms with Gasteiger partial charge in [0.2, 0.25) is 0 Å². The average molecular weight is 238 g/mol. The van der Waals surface area contributed by atoms with Crippen molar-refractivity contribution in [2.24, 2.45) is 5.73 Å². The number of carbonyl (C=O) groups excluding carboxylic acids is 1. The third-order valence-corrected chi connectivity index (χ3v) is 2.35. The minimum absolute atomic E-state index is 0.0373. The zero-order valence-electron chi connectivity index (χ0n) is 10.3. The van der Waals surface area contributed by atoms with Crippen molar-refractivity contribution >= 4 is 5.91 Å². The number of carbonyl (C=O) groups is 1. The molecule has 0 aliphatic carbocycles. The van der Waals surface area contributed by atoms with Crippen LogP contribution in [0.4, 0.5) is 0 Å². The average Bonchev–Trinajstić information content (AvgIpc) is 2.35. The fourth-order valence-corrected chi connectivity index (χ4v) is 1.30. The van der Waals surface area contributed by atoms with E-state index < -0.39 is 0 Å². The van der Waals surface area contributed by atoms with E-state index in [0.717, 1.165) is 5.56 Å². The Kier molecular flexibility index (Phi) is 4.78. The number of nitrogens with two attached hydrogens (primary N) is 1. The van der Waals surface area contributed by atoms with Crippen LogP contribution in [0.15, 0.2) is 18.2 Å². The van der Waals surface area contributed by atoms with Gasteiger partial charge in [0, 0.05) is 13.1 Å². The van der Waals surface area contributed by atoms with Gasteiger partial charge in [0.05, 0.1) is 7.11 Å². The van der Waals surface area contributed by atoms with Crippen LogP contribution >= 0.6 is 0 Å². The van der Waals surface area contributed by atoms with E-state index in [9.17, 15) is 4.79 Å². The Hall–Kier alpha value is -1.75. The second kappa shape index (κ2) is 6.10. The molecule has 94 valence electrons. The summed E-state index contributed by atoms with van der Waals surface area (Å²) in [6.07, 6.45) is 0. The number of nitrogens with one attached hydrogen (secondary N) is 1. The molecule has 1 aromatic rings. The number of likely N-dealkylation sites (N-methyl/N-ethyl adjacent to an activating group) is 1. The van der Waals surface area contributed by atoms with Crippen molar-refractivity contribution < 1.29 is 14.3 Å². The summed E-state index contributed by atoms with van der Waals surface area (Å²) in [5, 5.41) is 2.48. The summed E-state index contributed by atoms with van der Waals surface area (Å²) < 4.78 is 10.5. The van der Waals surface area contributed by atoms with Crippen molar-refractivity contribution in [2.45, 2.75) is 13.0 Å². The molecule has 1 amide bonds. The van der Waals surface area contributed by atoms with E-state index in [-0.39, 0.29) is 18.6 Å². The molecular weight excluding hydrogens is 220 g/mol. The topological polar surface area (TPSA) is 73.6 Å². The van der Waals surface area contributed by atoms with Gasteiger partial charge in [0.1, 0.15) is 0 Å². The maximum atomic E-state index is 11.1. The van der Waals surface area contributed by atoms with Crippen LogP contribution in [0.3, 0.4) is 0 Å². The quantitative estimate of drug-likeness (QED) is 0.797. The summed E-state index contributed by atoms with van der Waals surface area (Å²) in [6.45, 7) is 1.85. The molecule has 5 heteroatoms. The highest BCUT2D eigenvalue weighted by Gasteiger charge is 2.09. The first kappa shape index (κ1) is 13.3. The van der Waals surface area contributed by atoms with Gasteiger partial charge in [-0.25, -0.2) is 0 Å². The summed E-state index contributed by atoms with van der Waals surface area (Å²) in [4.78, 5) is 11.1. The van der Waals surface area contributed by atoms with Crippen molar-refractivity contribution in [1.29, 1.82) is 0 Å². The molecule has 17 heavy (non-hydrogen) atoms. The van der Waals surface area contributed by atoms with Crippen molar-refractivity contribution in [3.63, 3.8) is 0 Å². The lowest BCUT2D eigenvalue weighted by Crippen LogP contribution is -2.24. The number of rotatable bonds is 5. The first-order valence-corrected chi connectivity index (χ1v) is 5.35. The highest BCUT2D eigenvalue weighted by molar-refractivity contribution is 5.77. The fourth-order valence-electron chi connectivity index (χ4n) is 1.30. The zero-order chi connectivity index (χ0) is 12.8. The Labute approximate surface area is 101 Å². The molecule has 0 heterocycles. The van der Waals surface area contributed by atoms with Crippen LogP contribution in [0.1, 0.15) is 18.5 Å². The normalized spacial score (nSPS) is 11.8. The molecule has 0 radical (unpaired) electrons. The van der Waals surface area contributed by atoms with Crippen LogP contribution in [-0.2, 0) is 4.79 Å². The lowest BCUT2D eigenvalue weighted by Gasteiger charge is -2.13. The minimum Gasteiger partial charge on any atom is -0.493 e. The van der Waals surface area contributed by atoms with Gasteiger partial charge in [-0.15, -0.1) is 0 Å². The van der Waals surface area contributed by atoms with Gasteiger partial charge >= 0.3 is 0 Å². The summed E-state index contributed by atoms with van der Waals surface area (Å²) in [6, 6.07) is 5.34. The van der Waals surface area contributed by atoms with Crippen LogP contribution in [0.2, 0.25) is 0 Å². The van der Waals surface area contributed by atoms with Crippen molar-refractivity contribution in [3.8, 4) is 11.5 Å². The van der Waals surface area contributed by atoms with E-state index in [0.29, 0.717) is 11.5 Å². The molecule has 0 aliphatic heterocycles. The second-order valence-electron chi connectivity index (χ2n) is 3.66. The molecule has 1 aromatic carbocycles. The van der Waals surface area contributed by atoms with Gasteiger partial charge in [-0.1, -0.05) is 6.07 Å². The van der Waals surface area contributed by atoms with E-state index >= 15 is 0 Å². The van der Waals surface area contributed by atoms with Gasteiger partial charge in [0.15, 0.2) is 18.1 Å². The first-order valence-electron chi connectivity index (χ1n) is 5.35. The van der Waals surface area contributed by atoms with Gasteiger partial charge < -0.3 is 20.5 Å². The highest BCUT2D eigenvalue weighted by Crippen LogP contribution is 2.29. The van der Waals surface area contributed by atoms with E-state index in [4.69, 9.17) is 15.2 Å². The molecule has 0 aromatic heterocycles. The molecule has 0 spiro atoms. The summed E-state index contributed by atoms with van der Waals surface area (Å²) in [7, 11) is 3.11. The third kappa shape index (κ3) is 3.64. The van der Waals surface area contributed by atoms with Crippen LogP contribution in [-0.4, -0.2) is 26.7 Å². The number of hydrogen-bond donors (Lipinski definition) is 2. The van der Waals surface area contributed by atoms with E-state index in [1.165, 1.54) is 0 Å². The first-order chi connectivity index (χ1) is 8.08. The number of methoxy groups -OCH3 is 1. The Morgan fingerprint density at radius 1 is 1.47 bits per heavy atom. The van der Waals surface area contributed by atoms with Crippen LogP contribution in [0.5, 0.6) is 11.5 Å². The molecule has 5 nitrogen and oxygen atoms in total. The monoisotopic (exact) mass is 238 g/mol. The highest BCUT2D eigenvalue weighted by atomic mass is 16.5. The molecule has 3 N–H and O–H groups in total. The second-order valence-corrected chi connectivity index (χ2v) is 3.66. The van der Waals surface area contributed by atoms with Crippen LogP contribution in [0.25, 0.3) is 0 Å². The van der Waals surface area contributed by atoms with E-state index in [1.54, 1.807) is 20.2 Å². The SMILES string of the molecule is CNC(=O)COc1ccc([C@@H](C)N)cc1OC. The number of hydrogen-bond acceptors (Lipinski definition) is 4. The molecule has 0 unspecified atom stereocenters. The summed E-state index contributed by atoms with van der Waals surface area (Å²) in [5.74, 6) is 0.910. The lowest BCUT2D eigenvalue weighted by atomic mass is 10.1. The Bertz CT molecular complexity index is 391. The number of benzene rings is 1. The van der Waals surface area contributed by atoms with Crippen molar-refractivity contribution in [1.82, 2.24) is 5.32 Å². The minimum atomic E-state index is -0.191. The van der Waals surface area contributed by atoms with E-state index in [1.807, 2.05) is 19.1 Å². The Morgan fingerprint density at radius 3 is 2.71 bits per heavy atom. The number of amides is 1. The zero-order valence-corrected chi connectivity index (χ0v) is 10.3. The maximum Gasteiger partial charge on any atom is 0.257 e. The lowest BCUT2D eigenvalue weighted by molar-refractivity contribution is -0.122. The molecular formula is C12H18N2O3. The molecule has 0 bridgehead atoms. The largest absolute Gasteiger partial charge is 0.493 e. The predicted octanol–water partition coefficient (Wildman–Crippen LogP) is 0.840. The molecule has 0 aliphatic rings. The Morgan fingerprint density at radius 2 is 2.18 bits per heavy atom. The summed E-state index contributed by atoms with van der Waals surface area (Å²) in [5.41, 5.74) is 6.72. The fraction of sp³-hybridized carbons (Fsp3) is 0.417. The molecule has 0 saturated heterocycles. The van der Waals surface area contributed by atoms with Gasteiger partial charge in [-0.2, -0.15) is 0 Å². The van der Waals surface area contributed by atoms with E-state index in [2.05, 4.69) is 5.32 Å². The molecule has 1 rings (SSSR count). The van der Waals surface area contributed by atoms with Crippen LogP contribution in [0, 0.1) is 0 Å². The maximum absolute atomic E-state index is 11.1. The van der Waals surface area contributed by atoms with Crippen molar-refractivity contribution in [2.75, 3.05) is 20.8 Å². The number of ether oxygens (including phenoxy) is 2. The molecule has 1 atom stereocenters.